The van der Waals surface area contributed by atoms with Gasteiger partial charge in [-0.05, 0) is 42.7 Å². The van der Waals surface area contributed by atoms with E-state index < -0.39 is 0 Å². The minimum atomic E-state index is -0.190. The van der Waals surface area contributed by atoms with Crippen molar-refractivity contribution in [3.05, 3.63) is 47.3 Å². The van der Waals surface area contributed by atoms with E-state index in [2.05, 4.69) is 25.5 Å². The predicted octanol–water partition coefficient (Wildman–Crippen LogP) is 1.70. The maximum Gasteiger partial charge on any atom is 0.322 e. The number of hydrogen-bond donors (Lipinski definition) is 3. The van der Waals surface area contributed by atoms with Gasteiger partial charge in [0.1, 0.15) is 22.8 Å². The van der Waals surface area contributed by atoms with Crippen LogP contribution in [0.2, 0.25) is 0 Å². The van der Waals surface area contributed by atoms with Gasteiger partial charge in [-0.25, -0.2) is 4.98 Å². The molecule has 0 saturated carbocycles. The lowest BCUT2D eigenvalue weighted by atomic mass is 9.93. The molecule has 0 unspecified atom stereocenters. The fourth-order valence-corrected chi connectivity index (χ4v) is 2.85. The highest BCUT2D eigenvalue weighted by Crippen LogP contribution is 2.33. The Morgan fingerprint density at radius 2 is 2.04 bits per heavy atom. The summed E-state index contributed by atoms with van der Waals surface area (Å²) in [6, 6.07) is 7.22. The number of amides is 1. The Bertz CT molecular complexity index is 948. The first-order valence-corrected chi connectivity index (χ1v) is 7.84. The largest absolute Gasteiger partial charge is 0.424 e. The van der Waals surface area contributed by atoms with Gasteiger partial charge in [-0.2, -0.15) is 10.1 Å². The number of nitrogen functional groups attached to an aromatic ring is 1. The van der Waals surface area contributed by atoms with Crippen molar-refractivity contribution in [1.29, 1.82) is 0 Å². The minimum Gasteiger partial charge on any atom is -0.424 e. The summed E-state index contributed by atoms with van der Waals surface area (Å²) in [6.45, 7) is 0. The van der Waals surface area contributed by atoms with Crippen LogP contribution in [0.5, 0.6) is 11.8 Å². The molecule has 0 atom stereocenters. The molecule has 0 radical (unpaired) electrons. The Morgan fingerprint density at radius 3 is 2.80 bits per heavy atom. The lowest BCUT2D eigenvalue weighted by molar-refractivity contribution is 0.0957. The summed E-state index contributed by atoms with van der Waals surface area (Å²) in [5.74, 6) is 0.405. The second-order valence-corrected chi connectivity index (χ2v) is 5.70. The van der Waals surface area contributed by atoms with Crippen LogP contribution in [0.1, 0.15) is 21.6 Å². The SMILES string of the molecule is CNC(=O)c1[nH]nc2c1CCc1cnc(Oc3ccc(N)cc3)nc1-2. The lowest BCUT2D eigenvalue weighted by Crippen LogP contribution is -2.20. The Labute approximate surface area is 143 Å². The van der Waals surface area contributed by atoms with Crippen LogP contribution in [0.3, 0.4) is 0 Å². The summed E-state index contributed by atoms with van der Waals surface area (Å²) in [7, 11) is 1.59. The molecule has 1 amide bonds. The number of rotatable bonds is 3. The van der Waals surface area contributed by atoms with Gasteiger partial charge >= 0.3 is 6.01 Å². The highest BCUT2D eigenvalue weighted by molar-refractivity contribution is 5.95. The summed E-state index contributed by atoms with van der Waals surface area (Å²) in [5, 5.41) is 9.70. The van der Waals surface area contributed by atoms with Crippen LogP contribution in [0, 0.1) is 0 Å². The van der Waals surface area contributed by atoms with Gasteiger partial charge in [0.05, 0.1) is 0 Å². The number of ether oxygens (including phenoxy) is 1. The number of carbonyl (C=O) groups is 1. The Kier molecular flexibility index (Phi) is 3.57. The topological polar surface area (TPSA) is 119 Å². The highest BCUT2D eigenvalue weighted by Gasteiger charge is 2.26. The number of fused-ring (bicyclic) bond motifs is 3. The molecule has 0 aliphatic heterocycles. The van der Waals surface area contributed by atoms with Crippen molar-refractivity contribution in [2.24, 2.45) is 0 Å². The molecule has 8 heteroatoms. The van der Waals surface area contributed by atoms with E-state index in [1.54, 1.807) is 37.5 Å². The molecule has 4 rings (SSSR count). The zero-order chi connectivity index (χ0) is 17.4. The van der Waals surface area contributed by atoms with E-state index in [9.17, 15) is 4.79 Å². The number of anilines is 1. The van der Waals surface area contributed by atoms with Gasteiger partial charge in [-0.3, -0.25) is 9.89 Å². The molecule has 0 fully saturated rings. The normalized spacial score (nSPS) is 12.2. The van der Waals surface area contributed by atoms with Crippen molar-refractivity contribution in [1.82, 2.24) is 25.5 Å². The molecule has 126 valence electrons. The average molecular weight is 336 g/mol. The molecule has 1 aliphatic rings. The van der Waals surface area contributed by atoms with Crippen molar-refractivity contribution >= 4 is 11.6 Å². The first-order chi connectivity index (χ1) is 12.2. The zero-order valence-corrected chi connectivity index (χ0v) is 13.5. The molecule has 0 saturated heterocycles. The average Bonchev–Trinajstić information content (AvgIpc) is 3.07. The number of nitrogens with two attached hydrogens (primary N) is 1. The third-order valence-electron chi connectivity index (χ3n) is 4.12. The van der Waals surface area contributed by atoms with Crippen LogP contribution in [-0.4, -0.2) is 33.1 Å². The molecule has 25 heavy (non-hydrogen) atoms. The predicted molar refractivity (Wildman–Crippen MR) is 91.3 cm³/mol. The van der Waals surface area contributed by atoms with Gasteiger partial charge in [0, 0.05) is 24.5 Å². The molecule has 1 aliphatic carbocycles. The van der Waals surface area contributed by atoms with Gasteiger partial charge in [-0.15, -0.1) is 0 Å². The van der Waals surface area contributed by atoms with Crippen molar-refractivity contribution in [3.63, 3.8) is 0 Å². The highest BCUT2D eigenvalue weighted by atomic mass is 16.5. The van der Waals surface area contributed by atoms with Crippen molar-refractivity contribution < 1.29 is 9.53 Å². The maximum absolute atomic E-state index is 11.9. The smallest absolute Gasteiger partial charge is 0.322 e. The molecule has 1 aromatic carbocycles. The number of benzene rings is 1. The molecule has 4 N–H and O–H groups in total. The van der Waals surface area contributed by atoms with Crippen LogP contribution in [-0.2, 0) is 12.8 Å². The molecular formula is C17H16N6O2. The Balaban J connectivity index is 1.70. The molecule has 2 aromatic heterocycles. The zero-order valence-electron chi connectivity index (χ0n) is 13.5. The van der Waals surface area contributed by atoms with E-state index in [1.165, 1.54) is 0 Å². The van der Waals surface area contributed by atoms with Gasteiger partial charge in [0.15, 0.2) is 0 Å². The molecule has 0 bridgehead atoms. The molecule has 2 heterocycles. The number of aryl methyl sites for hydroxylation is 1. The van der Waals surface area contributed by atoms with Crippen molar-refractivity contribution in [2.45, 2.75) is 12.8 Å². The molecule has 8 nitrogen and oxygen atoms in total. The van der Waals surface area contributed by atoms with Crippen LogP contribution < -0.4 is 15.8 Å². The summed E-state index contributed by atoms with van der Waals surface area (Å²) < 4.78 is 5.69. The molecule has 3 aromatic rings. The fourth-order valence-electron chi connectivity index (χ4n) is 2.85. The lowest BCUT2D eigenvalue weighted by Gasteiger charge is -2.15. The fraction of sp³-hybridized carbons (Fsp3) is 0.176. The van der Waals surface area contributed by atoms with Crippen LogP contribution >= 0.6 is 0 Å². The number of H-pyrrole nitrogens is 1. The van der Waals surface area contributed by atoms with E-state index >= 15 is 0 Å². The Hall–Kier alpha value is -3.42. The number of nitrogens with zero attached hydrogens (tertiary/aromatic N) is 3. The number of aromatic amines is 1. The van der Waals surface area contributed by atoms with Crippen LogP contribution in [0.4, 0.5) is 5.69 Å². The summed E-state index contributed by atoms with van der Waals surface area (Å²) in [4.78, 5) is 20.7. The molecule has 0 spiro atoms. The van der Waals surface area contributed by atoms with Crippen molar-refractivity contribution in [2.75, 3.05) is 12.8 Å². The minimum absolute atomic E-state index is 0.190. The Morgan fingerprint density at radius 1 is 1.24 bits per heavy atom. The van der Waals surface area contributed by atoms with Gasteiger partial charge in [0.25, 0.3) is 5.91 Å². The summed E-state index contributed by atoms with van der Waals surface area (Å²) in [6.07, 6.45) is 3.20. The quantitative estimate of drug-likeness (QED) is 0.626. The number of hydrogen-bond acceptors (Lipinski definition) is 6. The van der Waals surface area contributed by atoms with E-state index in [0.717, 1.165) is 17.5 Å². The first-order valence-electron chi connectivity index (χ1n) is 7.84. The van der Waals surface area contributed by atoms with Crippen molar-refractivity contribution in [3.8, 4) is 23.1 Å². The third-order valence-corrected chi connectivity index (χ3v) is 4.12. The maximum atomic E-state index is 11.9. The number of nitrogens with one attached hydrogen (secondary N) is 2. The van der Waals surface area contributed by atoms with Gasteiger partial charge in [0.2, 0.25) is 0 Å². The second kappa shape index (κ2) is 5.90. The monoisotopic (exact) mass is 336 g/mol. The second-order valence-electron chi connectivity index (χ2n) is 5.70. The summed E-state index contributed by atoms with van der Waals surface area (Å²) in [5.41, 5.74) is 10.0. The van der Waals surface area contributed by atoms with E-state index in [4.69, 9.17) is 10.5 Å². The standard InChI is InChI=1S/C17H16N6O2/c1-19-16(24)15-12-7-2-9-8-20-17(21-13(9)14(12)22-23-15)25-11-5-3-10(18)4-6-11/h3-6,8H,2,7,18H2,1H3,(H,19,24)(H,22,23). The molecular weight excluding hydrogens is 320 g/mol. The van der Waals surface area contributed by atoms with Crippen LogP contribution in [0.15, 0.2) is 30.5 Å². The number of aromatic nitrogens is 4. The first kappa shape index (κ1) is 15.1. The number of carbonyl (C=O) groups excluding carboxylic acids is 1. The van der Waals surface area contributed by atoms with Gasteiger partial charge < -0.3 is 15.8 Å². The van der Waals surface area contributed by atoms with E-state index in [-0.39, 0.29) is 11.9 Å². The summed E-state index contributed by atoms with van der Waals surface area (Å²) >= 11 is 0. The van der Waals surface area contributed by atoms with E-state index in [1.807, 2.05) is 0 Å². The van der Waals surface area contributed by atoms with Gasteiger partial charge in [-0.1, -0.05) is 0 Å². The van der Waals surface area contributed by atoms with Crippen LogP contribution in [0.25, 0.3) is 11.4 Å². The third kappa shape index (κ3) is 2.67. The van der Waals surface area contributed by atoms with E-state index in [0.29, 0.717) is 34.9 Å².